The first-order chi connectivity index (χ1) is 20.5. The Morgan fingerprint density at radius 1 is 0.738 bits per heavy atom. The normalized spacial score (nSPS) is 12.9. The molecule has 1 atom stereocenters. The summed E-state index contributed by atoms with van der Waals surface area (Å²) in [6, 6.07) is 8.87. The molecule has 2 amide bonds. The van der Waals surface area contributed by atoms with Crippen molar-refractivity contribution >= 4 is 23.9 Å². The Bertz CT molecular complexity index is 1050. The number of carbonyl (C=O) groups is 3. The van der Waals surface area contributed by atoms with E-state index in [4.69, 9.17) is 0 Å². The second-order valence-corrected chi connectivity index (χ2v) is 9.92. The maximum Gasteiger partial charge on any atom is 0.326 e. The molecule has 228 valence electrons. The summed E-state index contributed by atoms with van der Waals surface area (Å²) in [6.07, 6.45) is 33.7. The van der Waals surface area contributed by atoms with Gasteiger partial charge in [0.25, 0.3) is 0 Å². The summed E-state index contributed by atoms with van der Waals surface area (Å²) in [6.45, 7) is 2.61. The lowest BCUT2D eigenvalue weighted by atomic mass is 10.1. The second-order valence-electron chi connectivity index (χ2n) is 9.92. The summed E-state index contributed by atoms with van der Waals surface area (Å²) in [7, 11) is 0. The highest BCUT2D eigenvalue weighted by Gasteiger charge is 2.19. The fourth-order valence-electron chi connectivity index (χ4n) is 3.91. The number of rotatable bonds is 23. The fourth-order valence-corrected chi connectivity index (χ4v) is 3.91. The predicted octanol–water partition coefficient (Wildman–Crippen LogP) is 7.87. The molecule has 0 saturated carbocycles. The monoisotopic (exact) mass is 574 g/mol. The molecule has 0 unspecified atom stereocenters. The van der Waals surface area contributed by atoms with E-state index >= 15 is 0 Å². The van der Waals surface area contributed by atoms with Gasteiger partial charge in [0.2, 0.25) is 11.8 Å². The van der Waals surface area contributed by atoms with Gasteiger partial charge in [0, 0.05) is 19.4 Å². The third-order valence-corrected chi connectivity index (χ3v) is 6.22. The Labute approximate surface area is 253 Å². The number of nitrogens with one attached hydrogen (secondary N) is 2. The number of carboxylic acids is 1. The van der Waals surface area contributed by atoms with Crippen molar-refractivity contribution in [3.05, 3.63) is 103 Å². The molecule has 1 aromatic rings. The van der Waals surface area contributed by atoms with E-state index in [9.17, 15) is 19.5 Å². The van der Waals surface area contributed by atoms with Crippen LogP contribution in [0.2, 0.25) is 0 Å². The number of unbranched alkanes of at least 4 members (excludes halogenated alkanes) is 2. The Hall–Kier alpha value is -3.93. The van der Waals surface area contributed by atoms with Crippen molar-refractivity contribution < 1.29 is 19.5 Å². The highest BCUT2D eigenvalue weighted by molar-refractivity contribution is 5.83. The van der Waals surface area contributed by atoms with E-state index in [2.05, 4.69) is 78.3 Å². The van der Waals surface area contributed by atoms with Crippen molar-refractivity contribution in [2.75, 3.05) is 6.54 Å². The van der Waals surface area contributed by atoms with Crippen LogP contribution in [0.3, 0.4) is 0 Å². The molecule has 0 radical (unpaired) electrons. The minimum atomic E-state index is -1.03. The molecule has 3 N–H and O–H groups in total. The van der Waals surface area contributed by atoms with E-state index in [1.54, 1.807) is 0 Å². The smallest absolute Gasteiger partial charge is 0.326 e. The highest BCUT2D eigenvalue weighted by atomic mass is 16.4. The molecule has 6 heteroatoms. The molecule has 0 aliphatic rings. The summed E-state index contributed by atoms with van der Waals surface area (Å²) in [5, 5.41) is 14.9. The van der Waals surface area contributed by atoms with E-state index in [1.807, 2.05) is 42.5 Å². The molecule has 0 aliphatic carbocycles. The molecule has 42 heavy (non-hydrogen) atoms. The molecular formula is C36H50N2O4. The van der Waals surface area contributed by atoms with E-state index in [0.29, 0.717) is 45.1 Å². The Morgan fingerprint density at radius 3 is 1.93 bits per heavy atom. The van der Waals surface area contributed by atoms with Gasteiger partial charge in [-0.25, -0.2) is 4.79 Å². The number of amides is 2. The molecule has 0 bridgehead atoms. The predicted molar refractivity (Wildman–Crippen MR) is 175 cm³/mol. The van der Waals surface area contributed by atoms with Crippen LogP contribution < -0.4 is 10.6 Å². The molecule has 0 fully saturated rings. The largest absolute Gasteiger partial charge is 0.480 e. The minimum absolute atomic E-state index is 0.0715. The van der Waals surface area contributed by atoms with Gasteiger partial charge in [-0.15, -0.1) is 0 Å². The van der Waals surface area contributed by atoms with Crippen molar-refractivity contribution in [1.29, 1.82) is 0 Å². The Morgan fingerprint density at radius 2 is 1.33 bits per heavy atom. The number of aliphatic carboxylic acids is 1. The van der Waals surface area contributed by atoms with Crippen LogP contribution in [0.5, 0.6) is 0 Å². The lowest BCUT2D eigenvalue weighted by molar-refractivity contribution is -0.142. The van der Waals surface area contributed by atoms with Gasteiger partial charge in [0.15, 0.2) is 0 Å². The lowest BCUT2D eigenvalue weighted by Gasteiger charge is -2.14. The van der Waals surface area contributed by atoms with Crippen LogP contribution in [0.4, 0.5) is 0 Å². The Balaban J connectivity index is 2.09. The molecule has 1 rings (SSSR count). The number of hydrogen-bond donors (Lipinski definition) is 3. The molecule has 0 aliphatic heterocycles. The summed E-state index contributed by atoms with van der Waals surface area (Å²) in [5.41, 5.74) is 1.04. The van der Waals surface area contributed by atoms with Gasteiger partial charge < -0.3 is 15.7 Å². The summed E-state index contributed by atoms with van der Waals surface area (Å²) < 4.78 is 0. The molecule has 0 heterocycles. The number of benzene rings is 1. The topological polar surface area (TPSA) is 95.5 Å². The van der Waals surface area contributed by atoms with E-state index in [0.717, 1.165) is 44.1 Å². The first kappa shape index (κ1) is 36.1. The van der Waals surface area contributed by atoms with Crippen LogP contribution in [0, 0.1) is 0 Å². The van der Waals surface area contributed by atoms with Crippen LogP contribution in [-0.4, -0.2) is 35.5 Å². The van der Waals surface area contributed by atoms with Gasteiger partial charge in [-0.2, -0.15) is 0 Å². The standard InChI is InChI=1S/C36H50N2O4/c1-2-3-4-5-6-7-8-9-10-11-12-13-14-15-16-17-21-29-35(40)38-33(36(41)42)28-22-23-31-37-34(39)30-24-27-32-25-19-18-20-26-32/h3-4,6-7,9-10,12-13,15-16,18-20,24-27,33H,2,5,8,11,14,17,21-23,28-31H2,1H3,(H,37,39)(H,38,40)(H,41,42)/b4-3-,7-6-,10-9-,13-12-,16-15-,27-24+/t33-/m0/s1. The molecule has 0 aromatic heterocycles. The van der Waals surface area contributed by atoms with Crippen LogP contribution in [0.15, 0.2) is 97.2 Å². The van der Waals surface area contributed by atoms with E-state index in [-0.39, 0.29) is 11.8 Å². The SMILES string of the molecule is CC/C=C\C/C=C\C/C=C\C/C=C\C/C=C\CCCC(=O)N[C@@H](CCCCNC(=O)C/C=C/c1ccccc1)C(=O)O. The first-order valence-electron chi connectivity index (χ1n) is 15.3. The highest BCUT2D eigenvalue weighted by Crippen LogP contribution is 2.05. The number of allylic oxidation sites excluding steroid dienone is 10. The van der Waals surface area contributed by atoms with Gasteiger partial charge in [0.1, 0.15) is 6.04 Å². The molecular weight excluding hydrogens is 524 g/mol. The summed E-state index contributed by atoms with van der Waals surface area (Å²) in [5.74, 6) is -1.35. The van der Waals surface area contributed by atoms with Crippen molar-refractivity contribution in [2.45, 2.75) is 90.0 Å². The minimum Gasteiger partial charge on any atom is -0.480 e. The number of hydrogen-bond acceptors (Lipinski definition) is 3. The van der Waals surface area contributed by atoms with Gasteiger partial charge in [-0.05, 0) is 69.8 Å². The van der Waals surface area contributed by atoms with Crippen LogP contribution in [0.1, 0.15) is 89.5 Å². The fraction of sp³-hybridized carbons (Fsp3) is 0.417. The zero-order valence-corrected chi connectivity index (χ0v) is 25.3. The quantitative estimate of drug-likeness (QED) is 0.0915. The van der Waals surface area contributed by atoms with Gasteiger partial charge >= 0.3 is 5.97 Å². The van der Waals surface area contributed by atoms with E-state index < -0.39 is 12.0 Å². The molecule has 0 saturated heterocycles. The van der Waals surface area contributed by atoms with Gasteiger partial charge in [0.05, 0.1) is 0 Å². The third kappa shape index (κ3) is 21.8. The average Bonchev–Trinajstić information content (AvgIpc) is 2.98. The number of carbonyl (C=O) groups excluding carboxylic acids is 2. The van der Waals surface area contributed by atoms with Crippen molar-refractivity contribution in [1.82, 2.24) is 10.6 Å². The van der Waals surface area contributed by atoms with Crippen LogP contribution in [0.25, 0.3) is 6.08 Å². The van der Waals surface area contributed by atoms with Crippen molar-refractivity contribution in [2.24, 2.45) is 0 Å². The van der Waals surface area contributed by atoms with E-state index in [1.165, 1.54) is 0 Å². The summed E-state index contributed by atoms with van der Waals surface area (Å²) >= 11 is 0. The Kier molecular flexibility index (Phi) is 22.3. The maximum atomic E-state index is 12.2. The zero-order valence-electron chi connectivity index (χ0n) is 25.3. The maximum absolute atomic E-state index is 12.2. The third-order valence-electron chi connectivity index (χ3n) is 6.22. The van der Waals surface area contributed by atoms with Crippen molar-refractivity contribution in [3.63, 3.8) is 0 Å². The van der Waals surface area contributed by atoms with Gasteiger partial charge in [-0.3, -0.25) is 9.59 Å². The molecule has 1 aromatic carbocycles. The first-order valence-corrected chi connectivity index (χ1v) is 15.3. The molecule has 6 nitrogen and oxygen atoms in total. The van der Waals surface area contributed by atoms with Crippen LogP contribution in [-0.2, 0) is 14.4 Å². The average molecular weight is 575 g/mol. The van der Waals surface area contributed by atoms with Crippen LogP contribution >= 0.6 is 0 Å². The summed E-state index contributed by atoms with van der Waals surface area (Å²) in [4.78, 5) is 35.7. The second kappa shape index (κ2) is 26.0. The zero-order chi connectivity index (χ0) is 30.5. The number of carboxylic acid groups (broad SMARTS) is 1. The molecule has 0 spiro atoms. The van der Waals surface area contributed by atoms with Gasteiger partial charge in [-0.1, -0.05) is 110 Å². The van der Waals surface area contributed by atoms with Crippen molar-refractivity contribution in [3.8, 4) is 0 Å². The lowest BCUT2D eigenvalue weighted by Crippen LogP contribution is -2.40.